The van der Waals surface area contributed by atoms with E-state index in [-0.39, 0.29) is 5.95 Å². The molecule has 2 N–H and O–H groups in total. The molecule has 3 nitrogen and oxygen atoms in total. The van der Waals surface area contributed by atoms with Gasteiger partial charge in [-0.2, -0.15) is 0 Å². The van der Waals surface area contributed by atoms with Crippen LogP contribution in [0.15, 0.2) is 52.4 Å². The molecule has 0 bridgehead atoms. The fourth-order valence-corrected chi connectivity index (χ4v) is 2.74. The maximum absolute atomic E-state index is 13.2. The van der Waals surface area contributed by atoms with Gasteiger partial charge in [0.2, 0.25) is 5.95 Å². The second-order valence-electron chi connectivity index (χ2n) is 4.08. The van der Waals surface area contributed by atoms with Crippen LogP contribution < -0.4 is 5.73 Å². The van der Waals surface area contributed by atoms with Crippen molar-refractivity contribution in [2.45, 2.75) is 9.92 Å². The molecule has 20 heavy (non-hydrogen) atoms. The van der Waals surface area contributed by atoms with Gasteiger partial charge < -0.3 is 5.73 Å². The average molecular weight is 289 g/mol. The topological polar surface area (TPSA) is 51.8 Å². The molecule has 0 amide bonds. The first kappa shape index (κ1) is 12.8. The molecule has 100 valence electrons. The van der Waals surface area contributed by atoms with E-state index in [1.54, 1.807) is 0 Å². The summed E-state index contributed by atoms with van der Waals surface area (Å²) in [6.07, 6.45) is 0. The number of hydrogen-bond acceptors (Lipinski definition) is 4. The predicted octanol–water partition coefficient (Wildman–Crippen LogP) is 3.64. The lowest BCUT2D eigenvalue weighted by molar-refractivity contribution is 0.506. The van der Waals surface area contributed by atoms with Crippen molar-refractivity contribution < 1.29 is 8.78 Å². The molecular weight excluding hydrogens is 280 g/mol. The van der Waals surface area contributed by atoms with Crippen LogP contribution in [-0.2, 0) is 0 Å². The molecule has 0 aliphatic heterocycles. The largest absolute Gasteiger partial charge is 0.368 e. The summed E-state index contributed by atoms with van der Waals surface area (Å²) in [4.78, 5) is 8.84. The van der Waals surface area contributed by atoms with Gasteiger partial charge in [0.15, 0.2) is 11.6 Å². The SMILES string of the molecule is Nc1nc(Sc2ccc(F)c(F)c2)c2ccccc2n1. The number of fused-ring (bicyclic) bond motifs is 1. The molecule has 0 unspecified atom stereocenters. The van der Waals surface area contributed by atoms with E-state index in [2.05, 4.69) is 9.97 Å². The molecule has 3 aromatic rings. The van der Waals surface area contributed by atoms with E-state index >= 15 is 0 Å². The van der Waals surface area contributed by atoms with Gasteiger partial charge in [0.25, 0.3) is 0 Å². The highest BCUT2D eigenvalue weighted by atomic mass is 32.2. The zero-order valence-corrected chi connectivity index (χ0v) is 11.0. The lowest BCUT2D eigenvalue weighted by Crippen LogP contribution is -1.97. The van der Waals surface area contributed by atoms with Crippen LogP contribution in [0.3, 0.4) is 0 Å². The van der Waals surface area contributed by atoms with Crippen LogP contribution in [0.2, 0.25) is 0 Å². The Balaban J connectivity index is 2.07. The smallest absolute Gasteiger partial charge is 0.221 e. The molecule has 3 rings (SSSR count). The Morgan fingerprint density at radius 3 is 2.55 bits per heavy atom. The Morgan fingerprint density at radius 2 is 1.75 bits per heavy atom. The van der Waals surface area contributed by atoms with Gasteiger partial charge in [0, 0.05) is 10.3 Å². The van der Waals surface area contributed by atoms with E-state index in [0.717, 1.165) is 17.5 Å². The molecule has 2 aromatic carbocycles. The fourth-order valence-electron chi connectivity index (χ4n) is 1.79. The number of hydrogen-bond donors (Lipinski definition) is 1. The highest BCUT2D eigenvalue weighted by Gasteiger charge is 2.09. The second kappa shape index (κ2) is 5.05. The molecule has 0 fully saturated rings. The number of para-hydroxylation sites is 1. The number of nitrogens with two attached hydrogens (primary N) is 1. The quantitative estimate of drug-likeness (QED) is 0.732. The maximum atomic E-state index is 13.2. The molecule has 0 saturated heterocycles. The minimum atomic E-state index is -0.888. The summed E-state index contributed by atoms with van der Waals surface area (Å²) in [7, 11) is 0. The molecule has 0 aliphatic carbocycles. The minimum absolute atomic E-state index is 0.147. The van der Waals surface area contributed by atoms with Gasteiger partial charge in [-0.1, -0.05) is 30.0 Å². The number of aromatic nitrogens is 2. The van der Waals surface area contributed by atoms with Crippen molar-refractivity contribution >= 4 is 28.6 Å². The molecule has 1 aromatic heterocycles. The van der Waals surface area contributed by atoms with Crippen molar-refractivity contribution in [2.24, 2.45) is 0 Å². The lowest BCUT2D eigenvalue weighted by atomic mass is 10.2. The summed E-state index contributed by atoms with van der Waals surface area (Å²) in [5.41, 5.74) is 6.38. The van der Waals surface area contributed by atoms with Crippen molar-refractivity contribution in [1.29, 1.82) is 0 Å². The van der Waals surface area contributed by atoms with E-state index < -0.39 is 11.6 Å². The monoisotopic (exact) mass is 289 g/mol. The minimum Gasteiger partial charge on any atom is -0.368 e. The number of rotatable bonds is 2. The van der Waals surface area contributed by atoms with E-state index in [1.165, 1.54) is 17.8 Å². The van der Waals surface area contributed by atoms with Crippen LogP contribution in [0.25, 0.3) is 10.9 Å². The standard InChI is InChI=1S/C14H9F2N3S/c15-10-6-5-8(7-11(10)16)20-13-9-3-1-2-4-12(9)18-14(17)19-13/h1-7H,(H2,17,18,19). The first-order valence-corrected chi connectivity index (χ1v) is 6.60. The van der Waals surface area contributed by atoms with Crippen molar-refractivity contribution in [3.63, 3.8) is 0 Å². The third kappa shape index (κ3) is 2.42. The van der Waals surface area contributed by atoms with Gasteiger partial charge in [0.1, 0.15) is 5.03 Å². The van der Waals surface area contributed by atoms with Crippen LogP contribution >= 0.6 is 11.8 Å². The highest BCUT2D eigenvalue weighted by molar-refractivity contribution is 7.99. The van der Waals surface area contributed by atoms with Gasteiger partial charge >= 0.3 is 0 Å². The van der Waals surface area contributed by atoms with Crippen molar-refractivity contribution in [3.8, 4) is 0 Å². The zero-order chi connectivity index (χ0) is 14.1. The number of anilines is 1. The molecule has 0 radical (unpaired) electrons. The second-order valence-corrected chi connectivity index (χ2v) is 5.14. The summed E-state index contributed by atoms with van der Waals surface area (Å²) >= 11 is 1.22. The summed E-state index contributed by atoms with van der Waals surface area (Å²) in [6.45, 7) is 0. The Kier molecular flexibility index (Phi) is 3.23. The number of benzene rings is 2. The summed E-state index contributed by atoms with van der Waals surface area (Å²) in [5.74, 6) is -1.61. The Hall–Kier alpha value is -2.21. The van der Waals surface area contributed by atoms with Gasteiger partial charge in [-0.15, -0.1) is 0 Å². The Labute approximate surface area is 117 Å². The lowest BCUT2D eigenvalue weighted by Gasteiger charge is -2.06. The molecule has 0 spiro atoms. The van der Waals surface area contributed by atoms with E-state index in [4.69, 9.17) is 5.73 Å². The summed E-state index contributed by atoms with van der Waals surface area (Å²) < 4.78 is 26.2. The van der Waals surface area contributed by atoms with Crippen LogP contribution in [0, 0.1) is 11.6 Å². The van der Waals surface area contributed by atoms with E-state index in [9.17, 15) is 8.78 Å². The van der Waals surface area contributed by atoms with Crippen molar-refractivity contribution in [1.82, 2.24) is 9.97 Å². The molecule has 1 heterocycles. The van der Waals surface area contributed by atoms with Crippen LogP contribution in [0.4, 0.5) is 14.7 Å². The van der Waals surface area contributed by atoms with Gasteiger partial charge in [-0.3, -0.25) is 0 Å². The number of nitrogens with zero attached hydrogens (tertiary/aromatic N) is 2. The van der Waals surface area contributed by atoms with Gasteiger partial charge in [0.05, 0.1) is 5.52 Å². The third-order valence-electron chi connectivity index (χ3n) is 2.69. The molecule has 6 heteroatoms. The molecule has 0 atom stereocenters. The van der Waals surface area contributed by atoms with Crippen LogP contribution in [0.5, 0.6) is 0 Å². The van der Waals surface area contributed by atoms with Crippen LogP contribution in [0.1, 0.15) is 0 Å². The number of halogens is 2. The molecule has 0 aliphatic rings. The number of nitrogen functional groups attached to an aromatic ring is 1. The summed E-state index contributed by atoms with van der Waals surface area (Å²) in [6, 6.07) is 11.1. The maximum Gasteiger partial charge on any atom is 0.221 e. The Bertz CT molecular complexity index is 792. The molecule has 0 saturated carbocycles. The van der Waals surface area contributed by atoms with Gasteiger partial charge in [-0.25, -0.2) is 18.7 Å². The first-order chi connectivity index (χ1) is 9.63. The highest BCUT2D eigenvalue weighted by Crippen LogP contribution is 2.32. The first-order valence-electron chi connectivity index (χ1n) is 5.78. The van der Waals surface area contributed by atoms with Crippen LogP contribution in [-0.4, -0.2) is 9.97 Å². The molecular formula is C14H9F2N3S. The zero-order valence-electron chi connectivity index (χ0n) is 10.2. The van der Waals surface area contributed by atoms with E-state index in [1.807, 2.05) is 24.3 Å². The van der Waals surface area contributed by atoms with Gasteiger partial charge in [-0.05, 0) is 24.3 Å². The average Bonchev–Trinajstić information content (AvgIpc) is 2.43. The van der Waals surface area contributed by atoms with E-state index in [0.29, 0.717) is 15.4 Å². The fraction of sp³-hybridized carbons (Fsp3) is 0. The normalized spacial score (nSPS) is 10.9. The summed E-state index contributed by atoms with van der Waals surface area (Å²) in [5, 5.41) is 1.43. The third-order valence-corrected chi connectivity index (χ3v) is 3.69. The van der Waals surface area contributed by atoms with Crippen molar-refractivity contribution in [3.05, 3.63) is 54.1 Å². The van der Waals surface area contributed by atoms with Crippen molar-refractivity contribution in [2.75, 3.05) is 5.73 Å². The predicted molar refractivity (Wildman–Crippen MR) is 74.4 cm³/mol. The Morgan fingerprint density at radius 1 is 0.950 bits per heavy atom.